The van der Waals surface area contributed by atoms with Crippen molar-refractivity contribution in [2.45, 2.75) is 20.3 Å². The maximum atomic E-state index is 2.44. The van der Waals surface area contributed by atoms with Crippen LogP contribution >= 0.6 is 11.3 Å². The number of para-hydroxylation sites is 1. The van der Waals surface area contributed by atoms with Gasteiger partial charge in [0.15, 0.2) is 0 Å². The van der Waals surface area contributed by atoms with E-state index < -0.39 is 0 Å². The number of rotatable bonds is 3. The fraction of sp³-hybridized carbons (Fsp3) is 0.0588. The Morgan fingerprint density at radius 1 is 0.434 bits per heavy atom. The fourth-order valence-corrected chi connectivity index (χ4v) is 9.58. The molecule has 0 aliphatic heterocycles. The Balaban J connectivity index is 0.00000172. The van der Waals surface area contributed by atoms with Gasteiger partial charge in [-0.3, -0.25) is 0 Å². The highest BCUT2D eigenvalue weighted by atomic mass is 32.1. The Morgan fingerprint density at radius 2 is 1.02 bits per heavy atom. The average molecular weight is 696 g/mol. The lowest BCUT2D eigenvalue weighted by atomic mass is 9.91. The van der Waals surface area contributed by atoms with E-state index in [1.165, 1.54) is 103 Å². The Kier molecular flexibility index (Phi) is 7.59. The summed E-state index contributed by atoms with van der Waals surface area (Å²) >= 11 is 1.91. The van der Waals surface area contributed by atoms with Crippen LogP contribution in [0.2, 0.25) is 0 Å². The van der Waals surface area contributed by atoms with Gasteiger partial charge in [0.05, 0.1) is 11.0 Å². The normalized spacial score (nSPS) is 12.5. The van der Waals surface area contributed by atoms with Crippen LogP contribution < -0.4 is 0 Å². The van der Waals surface area contributed by atoms with Crippen LogP contribution in [0, 0.1) is 0 Å². The van der Waals surface area contributed by atoms with Gasteiger partial charge in [-0.1, -0.05) is 141 Å². The molecule has 0 radical (unpaired) electrons. The molecule has 0 atom stereocenters. The summed E-state index contributed by atoms with van der Waals surface area (Å²) in [6.45, 7) is 4.00. The molecular formula is C51H37NS. The minimum Gasteiger partial charge on any atom is -0.309 e. The largest absolute Gasteiger partial charge is 0.309 e. The molecule has 11 rings (SSSR count). The van der Waals surface area contributed by atoms with Crippen molar-refractivity contribution in [2.24, 2.45) is 0 Å². The molecule has 252 valence electrons. The number of nitrogens with zero attached hydrogens (tertiary/aromatic N) is 1. The Bertz CT molecular complexity index is 3080. The summed E-state index contributed by atoms with van der Waals surface area (Å²) in [5.74, 6) is 0. The first-order chi connectivity index (χ1) is 26.3. The van der Waals surface area contributed by atoms with Crippen LogP contribution in [0.3, 0.4) is 0 Å². The highest BCUT2D eigenvalue weighted by molar-refractivity contribution is 7.19. The molecule has 8 aromatic carbocycles. The van der Waals surface area contributed by atoms with Crippen molar-refractivity contribution in [1.82, 2.24) is 4.57 Å². The summed E-state index contributed by atoms with van der Waals surface area (Å²) < 4.78 is 3.79. The minimum atomic E-state index is 0.991. The van der Waals surface area contributed by atoms with Crippen LogP contribution in [0.4, 0.5) is 0 Å². The Morgan fingerprint density at radius 3 is 1.75 bits per heavy atom. The number of hydrogen-bond donors (Lipinski definition) is 0. The molecule has 1 aliphatic rings. The van der Waals surface area contributed by atoms with Crippen molar-refractivity contribution < 1.29 is 0 Å². The number of fused-ring (bicyclic) bond motifs is 12. The van der Waals surface area contributed by atoms with E-state index in [2.05, 4.69) is 181 Å². The predicted octanol–water partition coefficient (Wildman–Crippen LogP) is 14.9. The summed E-state index contributed by atoms with van der Waals surface area (Å²) in [4.78, 5) is 1.44. The van der Waals surface area contributed by atoms with Gasteiger partial charge in [0.2, 0.25) is 0 Å². The zero-order valence-corrected chi connectivity index (χ0v) is 30.6. The highest BCUT2D eigenvalue weighted by Gasteiger charge is 2.17. The van der Waals surface area contributed by atoms with E-state index in [9.17, 15) is 0 Å². The van der Waals surface area contributed by atoms with Crippen LogP contribution in [0.25, 0.3) is 98.2 Å². The third-order valence-electron chi connectivity index (χ3n) is 10.8. The zero-order chi connectivity index (χ0) is 35.5. The molecule has 53 heavy (non-hydrogen) atoms. The van der Waals surface area contributed by atoms with Crippen LogP contribution in [-0.4, -0.2) is 4.57 Å². The Hall–Kier alpha value is -6.22. The van der Waals surface area contributed by atoms with Gasteiger partial charge >= 0.3 is 0 Å². The number of thiophene rings is 1. The lowest BCUT2D eigenvalue weighted by Crippen LogP contribution is -1.93. The van der Waals surface area contributed by atoms with E-state index in [4.69, 9.17) is 0 Å². The summed E-state index contributed by atoms with van der Waals surface area (Å²) in [5, 5.41) is 11.7. The second kappa shape index (κ2) is 12.8. The van der Waals surface area contributed by atoms with Crippen molar-refractivity contribution >= 4 is 81.6 Å². The van der Waals surface area contributed by atoms with Crippen LogP contribution in [0.1, 0.15) is 24.3 Å². The zero-order valence-electron chi connectivity index (χ0n) is 29.8. The minimum absolute atomic E-state index is 0.991. The van der Waals surface area contributed by atoms with E-state index in [1.807, 2.05) is 25.2 Å². The van der Waals surface area contributed by atoms with Crippen molar-refractivity contribution in [2.75, 3.05) is 0 Å². The highest BCUT2D eigenvalue weighted by Crippen LogP contribution is 2.41. The molecule has 2 aromatic heterocycles. The number of benzene rings is 8. The van der Waals surface area contributed by atoms with Crippen LogP contribution in [0.15, 0.2) is 170 Å². The van der Waals surface area contributed by atoms with Gasteiger partial charge in [-0.25, -0.2) is 0 Å². The molecule has 1 nitrogen and oxygen atoms in total. The molecule has 0 saturated carbocycles. The molecule has 0 N–H and O–H groups in total. The molecule has 0 saturated heterocycles. The van der Waals surface area contributed by atoms with Crippen molar-refractivity contribution in [1.29, 1.82) is 0 Å². The van der Waals surface area contributed by atoms with Crippen molar-refractivity contribution in [3.05, 3.63) is 180 Å². The average Bonchev–Trinajstić information content (AvgIpc) is 3.65. The van der Waals surface area contributed by atoms with Crippen molar-refractivity contribution in [3.8, 4) is 27.9 Å². The monoisotopic (exact) mass is 695 g/mol. The van der Waals surface area contributed by atoms with E-state index in [1.54, 1.807) is 0 Å². The SMILES string of the molecule is C1=CCc2sc3ccc(-n4c5ccccc5c5cc(-c6cccc(-c7ccc8c9ccccc9c9ccccc9c8c7)c6)ccc54)cc3c2C=C1.CC. The first-order valence-electron chi connectivity index (χ1n) is 18.6. The first kappa shape index (κ1) is 31.5. The third-order valence-corrected chi connectivity index (χ3v) is 12.0. The summed E-state index contributed by atoms with van der Waals surface area (Å²) in [6, 6.07) is 56.4. The number of hydrogen-bond acceptors (Lipinski definition) is 1. The summed E-state index contributed by atoms with van der Waals surface area (Å²) in [5.41, 5.74) is 9.91. The molecule has 0 amide bonds. The topological polar surface area (TPSA) is 4.93 Å². The quantitative estimate of drug-likeness (QED) is 0.162. The van der Waals surface area contributed by atoms with Gasteiger partial charge in [0.25, 0.3) is 0 Å². The van der Waals surface area contributed by atoms with Gasteiger partial charge in [-0.15, -0.1) is 11.3 Å². The van der Waals surface area contributed by atoms with Gasteiger partial charge in [-0.05, 0) is 109 Å². The second-order valence-corrected chi connectivity index (χ2v) is 14.8. The number of aromatic nitrogens is 1. The summed E-state index contributed by atoms with van der Waals surface area (Å²) in [7, 11) is 0. The fourth-order valence-electron chi connectivity index (χ4n) is 8.43. The molecule has 0 bridgehead atoms. The molecule has 10 aromatic rings. The summed E-state index contributed by atoms with van der Waals surface area (Å²) in [6.07, 6.45) is 9.85. The first-order valence-corrected chi connectivity index (χ1v) is 19.5. The molecule has 0 unspecified atom stereocenters. The Labute approximate surface area is 313 Å². The molecular weight excluding hydrogens is 659 g/mol. The predicted molar refractivity (Wildman–Crippen MR) is 233 cm³/mol. The standard InChI is InChI=1S/C49H31NS.C2H6/c1-2-18-42-45-30-35(23-26-49(45)51-48(42)20-3-1)50-46-19-9-8-17-41(46)44-29-34(22-25-47(44)50)32-12-10-11-31(27-32)33-21-24-40-38-15-5-4-13-36(38)37-14-6-7-16-39(37)43(40)28-33;1-2/h1-19,21-30H,20H2;1-2H3. The van der Waals surface area contributed by atoms with Gasteiger partial charge in [0, 0.05) is 37.8 Å². The van der Waals surface area contributed by atoms with Crippen LogP contribution in [-0.2, 0) is 6.42 Å². The van der Waals surface area contributed by atoms with Gasteiger partial charge in [-0.2, -0.15) is 0 Å². The van der Waals surface area contributed by atoms with E-state index in [0.29, 0.717) is 0 Å². The molecule has 2 heteroatoms. The van der Waals surface area contributed by atoms with Crippen molar-refractivity contribution in [3.63, 3.8) is 0 Å². The molecule has 0 spiro atoms. The molecule has 2 heterocycles. The van der Waals surface area contributed by atoms with Crippen LogP contribution in [0.5, 0.6) is 0 Å². The second-order valence-electron chi connectivity index (χ2n) is 13.6. The maximum Gasteiger partial charge on any atom is 0.0541 e. The molecule has 0 fully saturated rings. The lowest BCUT2D eigenvalue weighted by molar-refractivity contribution is 1.19. The van der Waals surface area contributed by atoms with E-state index >= 15 is 0 Å². The smallest absolute Gasteiger partial charge is 0.0541 e. The van der Waals surface area contributed by atoms with Gasteiger partial charge < -0.3 is 4.57 Å². The van der Waals surface area contributed by atoms with E-state index in [-0.39, 0.29) is 0 Å². The van der Waals surface area contributed by atoms with E-state index in [0.717, 1.165) is 6.42 Å². The molecule has 1 aliphatic carbocycles. The maximum absolute atomic E-state index is 2.44. The lowest BCUT2D eigenvalue weighted by Gasteiger charge is -2.13. The third kappa shape index (κ3) is 5.05. The number of allylic oxidation sites excluding steroid dienone is 3. The van der Waals surface area contributed by atoms with Gasteiger partial charge in [0.1, 0.15) is 0 Å².